The molecule has 0 spiro atoms. The molecule has 0 atom stereocenters. The average molecular weight is 244 g/mol. The lowest BCUT2D eigenvalue weighted by Crippen LogP contribution is -2.21. The van der Waals surface area contributed by atoms with E-state index in [9.17, 15) is 4.79 Å². The standard InChI is InChI=1S/C14H16N2O2/c1-10(2)16-9-13(15-8-14(16)17)11-4-6-12(18-3)7-5-11/h4-10H,1-3H3. The van der Waals surface area contributed by atoms with E-state index in [4.69, 9.17) is 4.74 Å². The number of aromatic nitrogens is 2. The number of nitrogens with zero attached hydrogens (tertiary/aromatic N) is 2. The number of ether oxygens (including phenoxy) is 1. The maximum atomic E-state index is 11.6. The topological polar surface area (TPSA) is 44.1 Å². The molecule has 0 radical (unpaired) electrons. The first-order valence-electron chi connectivity index (χ1n) is 5.84. The van der Waals surface area contributed by atoms with Gasteiger partial charge in [-0.1, -0.05) is 0 Å². The van der Waals surface area contributed by atoms with Crippen LogP contribution in [0.15, 0.2) is 41.5 Å². The van der Waals surface area contributed by atoms with Crippen molar-refractivity contribution >= 4 is 0 Å². The SMILES string of the molecule is COc1ccc(-c2cn(C(C)C)c(=O)cn2)cc1. The molecule has 0 bridgehead atoms. The first kappa shape index (κ1) is 12.4. The molecular formula is C14H16N2O2. The third kappa shape index (κ3) is 2.42. The zero-order chi connectivity index (χ0) is 13.1. The van der Waals surface area contributed by atoms with Gasteiger partial charge < -0.3 is 9.30 Å². The molecule has 0 saturated carbocycles. The summed E-state index contributed by atoms with van der Waals surface area (Å²) in [5.74, 6) is 0.802. The van der Waals surface area contributed by atoms with E-state index in [1.54, 1.807) is 17.9 Å². The minimum Gasteiger partial charge on any atom is -0.497 e. The minimum atomic E-state index is -0.0812. The van der Waals surface area contributed by atoms with Crippen LogP contribution in [0.2, 0.25) is 0 Å². The van der Waals surface area contributed by atoms with Gasteiger partial charge in [-0.05, 0) is 38.1 Å². The second-order valence-corrected chi connectivity index (χ2v) is 4.34. The summed E-state index contributed by atoms with van der Waals surface area (Å²) < 4.78 is 6.78. The van der Waals surface area contributed by atoms with Crippen LogP contribution in [0, 0.1) is 0 Å². The molecule has 4 nitrogen and oxygen atoms in total. The van der Waals surface area contributed by atoms with Gasteiger partial charge in [0.25, 0.3) is 5.56 Å². The van der Waals surface area contributed by atoms with E-state index in [1.165, 1.54) is 6.20 Å². The van der Waals surface area contributed by atoms with Crippen LogP contribution in [-0.2, 0) is 0 Å². The molecule has 1 aromatic carbocycles. The molecule has 2 rings (SSSR count). The molecule has 1 aromatic heterocycles. The van der Waals surface area contributed by atoms with E-state index in [1.807, 2.05) is 38.1 Å². The van der Waals surface area contributed by atoms with Gasteiger partial charge >= 0.3 is 0 Å². The van der Waals surface area contributed by atoms with Crippen LogP contribution in [0.4, 0.5) is 0 Å². The highest BCUT2D eigenvalue weighted by atomic mass is 16.5. The van der Waals surface area contributed by atoms with Crippen LogP contribution in [0.3, 0.4) is 0 Å². The second-order valence-electron chi connectivity index (χ2n) is 4.34. The molecule has 0 aliphatic rings. The molecule has 0 fully saturated rings. The van der Waals surface area contributed by atoms with Crippen LogP contribution in [0.1, 0.15) is 19.9 Å². The van der Waals surface area contributed by atoms with Crippen molar-refractivity contribution in [2.45, 2.75) is 19.9 Å². The Labute approximate surface area is 106 Å². The highest BCUT2D eigenvalue weighted by Crippen LogP contribution is 2.20. The van der Waals surface area contributed by atoms with Gasteiger partial charge in [-0.25, -0.2) is 4.98 Å². The first-order valence-corrected chi connectivity index (χ1v) is 5.84. The number of benzene rings is 1. The predicted molar refractivity (Wildman–Crippen MR) is 70.9 cm³/mol. The maximum Gasteiger partial charge on any atom is 0.269 e. The summed E-state index contributed by atoms with van der Waals surface area (Å²) in [6, 6.07) is 7.73. The minimum absolute atomic E-state index is 0.0812. The predicted octanol–water partition coefficient (Wildman–Crippen LogP) is 2.50. The van der Waals surface area contributed by atoms with Crippen molar-refractivity contribution in [1.82, 2.24) is 9.55 Å². The van der Waals surface area contributed by atoms with E-state index in [-0.39, 0.29) is 11.6 Å². The summed E-state index contributed by atoms with van der Waals surface area (Å²) in [7, 11) is 1.63. The summed E-state index contributed by atoms with van der Waals surface area (Å²) in [6.07, 6.45) is 3.15. The van der Waals surface area contributed by atoms with Crippen molar-refractivity contribution in [3.63, 3.8) is 0 Å². The summed E-state index contributed by atoms with van der Waals surface area (Å²) >= 11 is 0. The van der Waals surface area contributed by atoms with Gasteiger partial charge in [0.15, 0.2) is 0 Å². The average Bonchev–Trinajstić information content (AvgIpc) is 2.39. The summed E-state index contributed by atoms with van der Waals surface area (Å²) in [4.78, 5) is 15.8. The number of hydrogen-bond donors (Lipinski definition) is 0. The Morgan fingerprint density at radius 2 is 1.89 bits per heavy atom. The van der Waals surface area contributed by atoms with E-state index >= 15 is 0 Å². The lowest BCUT2D eigenvalue weighted by molar-refractivity contribution is 0.415. The Morgan fingerprint density at radius 3 is 2.44 bits per heavy atom. The van der Waals surface area contributed by atoms with Crippen LogP contribution in [0.5, 0.6) is 5.75 Å². The molecule has 0 saturated heterocycles. The second kappa shape index (κ2) is 5.04. The summed E-state index contributed by atoms with van der Waals surface area (Å²) in [6.45, 7) is 3.94. The van der Waals surface area contributed by atoms with Crippen molar-refractivity contribution in [2.75, 3.05) is 7.11 Å². The van der Waals surface area contributed by atoms with E-state index in [0.717, 1.165) is 17.0 Å². The van der Waals surface area contributed by atoms with Crippen LogP contribution in [-0.4, -0.2) is 16.7 Å². The molecule has 0 N–H and O–H groups in total. The molecule has 0 unspecified atom stereocenters. The summed E-state index contributed by atoms with van der Waals surface area (Å²) in [5, 5.41) is 0. The van der Waals surface area contributed by atoms with Crippen molar-refractivity contribution < 1.29 is 4.74 Å². The van der Waals surface area contributed by atoms with Gasteiger partial charge in [0.05, 0.1) is 19.0 Å². The van der Waals surface area contributed by atoms with E-state index in [2.05, 4.69) is 4.98 Å². The number of hydrogen-bond acceptors (Lipinski definition) is 3. The Bertz CT molecular complexity index is 585. The fraction of sp³-hybridized carbons (Fsp3) is 0.286. The van der Waals surface area contributed by atoms with Gasteiger partial charge in [-0.15, -0.1) is 0 Å². The third-order valence-corrected chi connectivity index (χ3v) is 2.77. The molecule has 18 heavy (non-hydrogen) atoms. The largest absolute Gasteiger partial charge is 0.497 e. The van der Waals surface area contributed by atoms with Gasteiger partial charge in [0.1, 0.15) is 5.75 Å². The van der Waals surface area contributed by atoms with E-state index < -0.39 is 0 Å². The van der Waals surface area contributed by atoms with Crippen molar-refractivity contribution in [3.8, 4) is 17.0 Å². The number of rotatable bonds is 3. The van der Waals surface area contributed by atoms with Crippen LogP contribution < -0.4 is 10.3 Å². The lowest BCUT2D eigenvalue weighted by atomic mass is 10.1. The highest BCUT2D eigenvalue weighted by Gasteiger charge is 2.05. The maximum absolute atomic E-state index is 11.6. The fourth-order valence-corrected chi connectivity index (χ4v) is 1.73. The molecule has 0 aliphatic heterocycles. The van der Waals surface area contributed by atoms with E-state index in [0.29, 0.717) is 0 Å². The molecule has 94 valence electrons. The zero-order valence-corrected chi connectivity index (χ0v) is 10.8. The third-order valence-electron chi connectivity index (χ3n) is 2.77. The van der Waals surface area contributed by atoms with Crippen molar-refractivity contribution in [2.24, 2.45) is 0 Å². The molecule has 2 aromatic rings. The van der Waals surface area contributed by atoms with Gasteiger partial charge in [-0.3, -0.25) is 4.79 Å². The molecule has 0 aliphatic carbocycles. The Balaban J connectivity index is 2.44. The number of methoxy groups -OCH3 is 1. The Kier molecular flexibility index (Phi) is 3.46. The first-order chi connectivity index (χ1) is 8.61. The smallest absolute Gasteiger partial charge is 0.269 e. The molecule has 1 heterocycles. The van der Waals surface area contributed by atoms with Gasteiger partial charge in [-0.2, -0.15) is 0 Å². The van der Waals surface area contributed by atoms with Crippen LogP contribution in [0.25, 0.3) is 11.3 Å². The van der Waals surface area contributed by atoms with Crippen LogP contribution >= 0.6 is 0 Å². The van der Waals surface area contributed by atoms with Crippen molar-refractivity contribution in [3.05, 3.63) is 47.0 Å². The van der Waals surface area contributed by atoms with Gasteiger partial charge in [0, 0.05) is 17.8 Å². The highest BCUT2D eigenvalue weighted by molar-refractivity contribution is 5.58. The van der Waals surface area contributed by atoms with Gasteiger partial charge in [0.2, 0.25) is 0 Å². The quantitative estimate of drug-likeness (QED) is 0.833. The molecule has 0 amide bonds. The monoisotopic (exact) mass is 244 g/mol. The van der Waals surface area contributed by atoms with Crippen molar-refractivity contribution in [1.29, 1.82) is 0 Å². The fourth-order valence-electron chi connectivity index (χ4n) is 1.73. The zero-order valence-electron chi connectivity index (χ0n) is 10.8. The molecule has 4 heteroatoms. The lowest BCUT2D eigenvalue weighted by Gasteiger charge is -2.11. The Hall–Kier alpha value is -2.10. The summed E-state index contributed by atoms with van der Waals surface area (Å²) in [5.41, 5.74) is 1.67. The normalized spacial score (nSPS) is 10.7. The Morgan fingerprint density at radius 1 is 1.22 bits per heavy atom. The molecular weight excluding hydrogens is 228 g/mol.